The van der Waals surface area contributed by atoms with Gasteiger partial charge in [0, 0.05) is 11.1 Å². The molecule has 2 aromatic carbocycles. The standard InChI is InChI=1S/C30H32OSi/c1-19-17-20(2)29(22(19)4)32(5,6)30-25-14-10-13-24(23-11-8-7-9-12-23)26(25)18-27(30)28-16-15-21(3)31-28/h7-18,29-30H,1-6H3. The zero-order valence-corrected chi connectivity index (χ0v) is 21.0. The van der Waals surface area contributed by atoms with Gasteiger partial charge in [-0.1, -0.05) is 84.4 Å². The van der Waals surface area contributed by atoms with E-state index in [1.165, 1.54) is 39.0 Å². The van der Waals surface area contributed by atoms with E-state index in [0.717, 1.165) is 11.5 Å². The molecule has 1 heterocycles. The Morgan fingerprint density at radius 1 is 0.750 bits per heavy atom. The van der Waals surface area contributed by atoms with Gasteiger partial charge in [0.05, 0.1) is 8.07 Å². The molecule has 1 nitrogen and oxygen atoms in total. The Morgan fingerprint density at radius 2 is 1.50 bits per heavy atom. The number of allylic oxidation sites excluding steroid dienone is 5. The Labute approximate surface area is 193 Å². The van der Waals surface area contributed by atoms with Gasteiger partial charge in [0.15, 0.2) is 0 Å². The first-order valence-corrected chi connectivity index (χ1v) is 14.8. The van der Waals surface area contributed by atoms with Crippen LogP contribution in [0.5, 0.6) is 0 Å². The maximum atomic E-state index is 6.23. The van der Waals surface area contributed by atoms with Gasteiger partial charge >= 0.3 is 0 Å². The van der Waals surface area contributed by atoms with Crippen LogP contribution >= 0.6 is 0 Å². The van der Waals surface area contributed by atoms with Gasteiger partial charge in [0.2, 0.25) is 0 Å². The third kappa shape index (κ3) is 3.20. The minimum absolute atomic E-state index is 0.390. The first-order valence-electron chi connectivity index (χ1n) is 11.6. The van der Waals surface area contributed by atoms with Crippen LogP contribution in [0.2, 0.25) is 18.6 Å². The molecule has 2 aliphatic carbocycles. The van der Waals surface area contributed by atoms with Crippen LogP contribution < -0.4 is 0 Å². The Kier molecular flexibility index (Phi) is 5.02. The molecule has 2 heteroatoms. The quantitative estimate of drug-likeness (QED) is 0.372. The SMILES string of the molecule is CC1=CC(C)=C(C)C1[Si](C)(C)C1C(c2ccc(C)o2)=Cc2c(-c3ccccc3)cccc21. The maximum Gasteiger partial charge on any atom is 0.130 e. The summed E-state index contributed by atoms with van der Waals surface area (Å²) < 4.78 is 6.23. The lowest BCUT2D eigenvalue weighted by atomic mass is 9.97. The van der Waals surface area contributed by atoms with Crippen molar-refractivity contribution >= 4 is 19.7 Å². The van der Waals surface area contributed by atoms with Gasteiger partial charge in [-0.25, -0.2) is 0 Å². The minimum Gasteiger partial charge on any atom is -0.462 e. The average molecular weight is 437 g/mol. The number of rotatable bonds is 4. The molecule has 32 heavy (non-hydrogen) atoms. The fraction of sp³-hybridized carbons (Fsp3) is 0.267. The second kappa shape index (κ2) is 7.63. The van der Waals surface area contributed by atoms with Crippen molar-refractivity contribution in [3.8, 4) is 11.1 Å². The van der Waals surface area contributed by atoms with Crippen molar-refractivity contribution in [2.75, 3.05) is 0 Å². The highest BCUT2D eigenvalue weighted by atomic mass is 28.3. The summed E-state index contributed by atoms with van der Waals surface area (Å²) in [4.78, 5) is 0. The van der Waals surface area contributed by atoms with Gasteiger partial charge in [-0.3, -0.25) is 0 Å². The molecule has 5 rings (SSSR count). The molecule has 0 saturated carbocycles. The predicted molar refractivity (Wildman–Crippen MR) is 139 cm³/mol. The average Bonchev–Trinajstić information content (AvgIpc) is 3.44. The molecule has 0 saturated heterocycles. The number of benzene rings is 2. The smallest absolute Gasteiger partial charge is 0.130 e. The highest BCUT2D eigenvalue weighted by molar-refractivity contribution is 6.83. The summed E-state index contributed by atoms with van der Waals surface area (Å²) in [6.45, 7) is 14.1. The second-order valence-corrected chi connectivity index (χ2v) is 14.9. The fourth-order valence-corrected chi connectivity index (χ4v) is 11.3. The molecule has 3 aromatic rings. The molecular weight excluding hydrogens is 404 g/mol. The molecule has 0 bridgehead atoms. The lowest BCUT2D eigenvalue weighted by Gasteiger charge is -2.39. The normalized spacial score (nSPS) is 20.4. The van der Waals surface area contributed by atoms with Gasteiger partial charge in [0.1, 0.15) is 11.5 Å². The molecule has 162 valence electrons. The summed E-state index contributed by atoms with van der Waals surface area (Å²) in [6, 6.07) is 21.9. The van der Waals surface area contributed by atoms with E-state index in [9.17, 15) is 0 Å². The summed E-state index contributed by atoms with van der Waals surface area (Å²) in [7, 11) is -1.87. The number of hydrogen-bond acceptors (Lipinski definition) is 1. The monoisotopic (exact) mass is 436 g/mol. The Morgan fingerprint density at radius 3 is 2.12 bits per heavy atom. The molecule has 2 unspecified atom stereocenters. The van der Waals surface area contributed by atoms with Crippen LogP contribution in [0.25, 0.3) is 22.8 Å². The number of fused-ring (bicyclic) bond motifs is 1. The first-order chi connectivity index (χ1) is 15.3. The van der Waals surface area contributed by atoms with E-state index in [1.807, 2.05) is 6.92 Å². The van der Waals surface area contributed by atoms with E-state index in [4.69, 9.17) is 4.42 Å². The van der Waals surface area contributed by atoms with E-state index in [1.54, 1.807) is 5.57 Å². The van der Waals surface area contributed by atoms with Crippen molar-refractivity contribution in [2.24, 2.45) is 0 Å². The first kappa shape index (κ1) is 21.0. The molecule has 1 aromatic heterocycles. The molecule has 2 aliphatic rings. The molecule has 0 N–H and O–H groups in total. The third-order valence-corrected chi connectivity index (χ3v) is 12.1. The van der Waals surface area contributed by atoms with Crippen LogP contribution in [0.15, 0.2) is 87.9 Å². The Balaban J connectivity index is 1.72. The summed E-state index contributed by atoms with van der Waals surface area (Å²) in [6.07, 6.45) is 4.83. The van der Waals surface area contributed by atoms with Crippen LogP contribution in [-0.4, -0.2) is 8.07 Å². The third-order valence-electron chi connectivity index (χ3n) is 7.61. The van der Waals surface area contributed by atoms with Gasteiger partial charge in [-0.05, 0) is 73.7 Å². The predicted octanol–water partition coefficient (Wildman–Crippen LogP) is 8.81. The largest absolute Gasteiger partial charge is 0.462 e. The lowest BCUT2D eigenvalue weighted by Crippen LogP contribution is -2.41. The zero-order chi connectivity index (χ0) is 22.6. The number of aryl methyl sites for hydroxylation is 1. The summed E-state index contributed by atoms with van der Waals surface area (Å²) in [5.41, 5.74) is 12.3. The second-order valence-electron chi connectivity index (χ2n) is 10.1. The van der Waals surface area contributed by atoms with Gasteiger partial charge in [-0.2, -0.15) is 0 Å². The highest BCUT2D eigenvalue weighted by Gasteiger charge is 2.48. The van der Waals surface area contributed by atoms with E-state index < -0.39 is 8.07 Å². The number of furan rings is 1. The van der Waals surface area contributed by atoms with Crippen molar-refractivity contribution in [3.05, 3.63) is 106 Å². The van der Waals surface area contributed by atoms with E-state index >= 15 is 0 Å². The Bertz CT molecular complexity index is 1280. The molecule has 0 spiro atoms. The van der Waals surface area contributed by atoms with E-state index in [-0.39, 0.29) is 0 Å². The molecule has 0 aliphatic heterocycles. The van der Waals surface area contributed by atoms with Crippen molar-refractivity contribution in [1.29, 1.82) is 0 Å². The van der Waals surface area contributed by atoms with Crippen LogP contribution in [0, 0.1) is 6.92 Å². The molecule has 0 amide bonds. The Hall–Kier alpha value is -2.84. The van der Waals surface area contributed by atoms with Crippen molar-refractivity contribution in [3.63, 3.8) is 0 Å². The summed E-state index contributed by atoms with van der Waals surface area (Å²) >= 11 is 0. The minimum atomic E-state index is -1.87. The number of hydrogen-bond donors (Lipinski definition) is 0. The van der Waals surface area contributed by atoms with E-state index in [2.05, 4.69) is 107 Å². The molecule has 0 fully saturated rings. The van der Waals surface area contributed by atoms with Gasteiger partial charge < -0.3 is 4.42 Å². The van der Waals surface area contributed by atoms with Crippen LogP contribution in [0.1, 0.15) is 49.0 Å². The van der Waals surface area contributed by atoms with Crippen LogP contribution in [-0.2, 0) is 0 Å². The van der Waals surface area contributed by atoms with Gasteiger partial charge in [0.25, 0.3) is 0 Å². The zero-order valence-electron chi connectivity index (χ0n) is 20.0. The highest BCUT2D eigenvalue weighted by Crippen LogP contribution is 2.56. The van der Waals surface area contributed by atoms with Crippen molar-refractivity contribution < 1.29 is 4.42 Å². The lowest BCUT2D eigenvalue weighted by molar-refractivity contribution is 0.520. The summed E-state index contributed by atoms with van der Waals surface area (Å²) in [5.74, 6) is 2.00. The summed E-state index contributed by atoms with van der Waals surface area (Å²) in [5, 5.41) is 0. The van der Waals surface area contributed by atoms with Crippen LogP contribution in [0.4, 0.5) is 0 Å². The molecular formula is C30H32OSi. The molecule has 0 radical (unpaired) electrons. The fourth-order valence-electron chi connectivity index (χ4n) is 6.30. The van der Waals surface area contributed by atoms with E-state index in [0.29, 0.717) is 11.1 Å². The maximum absolute atomic E-state index is 6.23. The topological polar surface area (TPSA) is 13.1 Å². The van der Waals surface area contributed by atoms with Crippen LogP contribution in [0.3, 0.4) is 0 Å². The van der Waals surface area contributed by atoms with Crippen molar-refractivity contribution in [2.45, 2.75) is 51.9 Å². The van der Waals surface area contributed by atoms with Crippen molar-refractivity contribution in [1.82, 2.24) is 0 Å². The molecule has 2 atom stereocenters. The van der Waals surface area contributed by atoms with Gasteiger partial charge in [-0.15, -0.1) is 0 Å².